The molecule has 3 N–H and O–H groups in total. The number of rotatable bonds is 6. The van der Waals surface area contributed by atoms with Crippen LogP contribution in [0.5, 0.6) is 5.75 Å². The number of ether oxygens (including phenoxy) is 1. The zero-order valence-corrected chi connectivity index (χ0v) is 13.4. The van der Waals surface area contributed by atoms with Crippen molar-refractivity contribution in [2.24, 2.45) is 17.6 Å². The van der Waals surface area contributed by atoms with Gasteiger partial charge >= 0.3 is 0 Å². The molecule has 4 nitrogen and oxygen atoms in total. The summed E-state index contributed by atoms with van der Waals surface area (Å²) in [7, 11) is 1.64. The molecule has 1 amide bonds. The van der Waals surface area contributed by atoms with E-state index in [9.17, 15) is 4.79 Å². The second-order valence-electron chi connectivity index (χ2n) is 5.14. The smallest absolute Gasteiger partial charge is 0.224 e. The molecule has 0 radical (unpaired) electrons. The molecule has 114 valence electrons. The highest BCUT2D eigenvalue weighted by molar-refractivity contribution is 5.85. The Bertz CT molecular complexity index is 407. The van der Waals surface area contributed by atoms with Crippen molar-refractivity contribution in [1.82, 2.24) is 5.32 Å². The van der Waals surface area contributed by atoms with Gasteiger partial charge in [0.2, 0.25) is 5.91 Å². The van der Waals surface area contributed by atoms with Gasteiger partial charge in [0.15, 0.2) is 0 Å². The number of halogens is 1. The van der Waals surface area contributed by atoms with E-state index in [0.717, 1.165) is 11.3 Å². The summed E-state index contributed by atoms with van der Waals surface area (Å²) in [5.74, 6) is 0.951. The van der Waals surface area contributed by atoms with Gasteiger partial charge < -0.3 is 15.8 Å². The first-order valence-corrected chi connectivity index (χ1v) is 6.64. The molecule has 0 bridgehead atoms. The minimum Gasteiger partial charge on any atom is -0.497 e. The lowest BCUT2D eigenvalue weighted by molar-refractivity contribution is -0.125. The number of nitrogens with two attached hydrogens (primary N) is 1. The summed E-state index contributed by atoms with van der Waals surface area (Å²) in [6.45, 7) is 6.37. The van der Waals surface area contributed by atoms with E-state index in [-0.39, 0.29) is 30.3 Å². The average Bonchev–Trinajstić information content (AvgIpc) is 2.43. The van der Waals surface area contributed by atoms with E-state index in [0.29, 0.717) is 12.5 Å². The molecule has 0 heterocycles. The van der Waals surface area contributed by atoms with Crippen molar-refractivity contribution < 1.29 is 9.53 Å². The van der Waals surface area contributed by atoms with E-state index in [1.807, 2.05) is 31.2 Å². The maximum Gasteiger partial charge on any atom is 0.224 e. The van der Waals surface area contributed by atoms with Crippen LogP contribution in [-0.4, -0.2) is 19.6 Å². The van der Waals surface area contributed by atoms with Crippen LogP contribution in [0.3, 0.4) is 0 Å². The van der Waals surface area contributed by atoms with E-state index < -0.39 is 0 Å². The molecule has 1 aromatic carbocycles. The quantitative estimate of drug-likeness (QED) is 0.848. The van der Waals surface area contributed by atoms with E-state index in [2.05, 4.69) is 19.2 Å². The molecule has 1 rings (SSSR count). The standard InChI is InChI=1S/C15H24N2O2.ClH/c1-10(2)14(17-15(18)11(3)9-16)12-5-7-13(19-4)8-6-12;/h5-8,10-11,14H,9,16H2,1-4H3,(H,17,18);1H. The van der Waals surface area contributed by atoms with Gasteiger partial charge in [0.1, 0.15) is 5.75 Å². The molecule has 5 heteroatoms. The van der Waals surface area contributed by atoms with Crippen LogP contribution < -0.4 is 15.8 Å². The first-order valence-electron chi connectivity index (χ1n) is 6.64. The molecular weight excluding hydrogens is 276 g/mol. The van der Waals surface area contributed by atoms with E-state index in [4.69, 9.17) is 10.5 Å². The van der Waals surface area contributed by atoms with E-state index in [1.54, 1.807) is 7.11 Å². The van der Waals surface area contributed by atoms with Gasteiger partial charge in [0, 0.05) is 12.5 Å². The Balaban J connectivity index is 0.00000361. The summed E-state index contributed by atoms with van der Waals surface area (Å²) >= 11 is 0. The largest absolute Gasteiger partial charge is 0.497 e. The fourth-order valence-corrected chi connectivity index (χ4v) is 1.85. The topological polar surface area (TPSA) is 64.3 Å². The van der Waals surface area contributed by atoms with Crippen LogP contribution >= 0.6 is 12.4 Å². The van der Waals surface area contributed by atoms with Gasteiger partial charge in [0.25, 0.3) is 0 Å². The minimum atomic E-state index is -0.167. The minimum absolute atomic E-state index is 0. The summed E-state index contributed by atoms with van der Waals surface area (Å²) < 4.78 is 5.14. The Morgan fingerprint density at radius 3 is 2.20 bits per heavy atom. The molecule has 0 aromatic heterocycles. The summed E-state index contributed by atoms with van der Waals surface area (Å²) in [5.41, 5.74) is 6.60. The number of hydrogen-bond donors (Lipinski definition) is 2. The number of benzene rings is 1. The molecule has 0 saturated heterocycles. The van der Waals surface area contributed by atoms with Gasteiger partial charge in [0.05, 0.1) is 13.2 Å². The Labute approximate surface area is 127 Å². The van der Waals surface area contributed by atoms with Crippen molar-refractivity contribution in [3.63, 3.8) is 0 Å². The maximum atomic E-state index is 12.0. The van der Waals surface area contributed by atoms with Gasteiger partial charge in [-0.1, -0.05) is 32.9 Å². The molecule has 20 heavy (non-hydrogen) atoms. The highest BCUT2D eigenvalue weighted by Crippen LogP contribution is 2.24. The second-order valence-corrected chi connectivity index (χ2v) is 5.14. The van der Waals surface area contributed by atoms with Gasteiger partial charge in [-0.15, -0.1) is 12.4 Å². The van der Waals surface area contributed by atoms with Crippen molar-refractivity contribution in [2.75, 3.05) is 13.7 Å². The van der Waals surface area contributed by atoms with Crippen molar-refractivity contribution in [3.05, 3.63) is 29.8 Å². The lowest BCUT2D eigenvalue weighted by Gasteiger charge is -2.24. The van der Waals surface area contributed by atoms with Crippen LogP contribution in [0.25, 0.3) is 0 Å². The average molecular weight is 301 g/mol. The Hall–Kier alpha value is -1.26. The predicted octanol–water partition coefficient (Wildman–Crippen LogP) is 2.53. The van der Waals surface area contributed by atoms with Crippen molar-refractivity contribution in [2.45, 2.75) is 26.8 Å². The highest BCUT2D eigenvalue weighted by atomic mass is 35.5. The van der Waals surface area contributed by atoms with Gasteiger partial charge in [-0.2, -0.15) is 0 Å². The number of hydrogen-bond acceptors (Lipinski definition) is 3. The molecule has 0 aliphatic heterocycles. The molecular formula is C15H25ClN2O2. The van der Waals surface area contributed by atoms with E-state index in [1.165, 1.54) is 0 Å². The number of carbonyl (C=O) groups is 1. The molecule has 2 unspecified atom stereocenters. The normalized spacial score (nSPS) is 13.3. The van der Waals surface area contributed by atoms with Crippen LogP contribution in [0, 0.1) is 11.8 Å². The lowest BCUT2D eigenvalue weighted by atomic mass is 9.95. The zero-order valence-electron chi connectivity index (χ0n) is 12.6. The zero-order chi connectivity index (χ0) is 14.4. The fraction of sp³-hybridized carbons (Fsp3) is 0.533. The van der Waals surface area contributed by atoms with E-state index >= 15 is 0 Å². The van der Waals surface area contributed by atoms with Crippen LogP contribution in [0.1, 0.15) is 32.4 Å². The van der Waals surface area contributed by atoms with Crippen LogP contribution in [0.15, 0.2) is 24.3 Å². The van der Waals surface area contributed by atoms with Crippen molar-refractivity contribution in [1.29, 1.82) is 0 Å². The SMILES string of the molecule is COc1ccc(C(NC(=O)C(C)CN)C(C)C)cc1.Cl. The summed E-state index contributed by atoms with van der Waals surface area (Å²) in [6.07, 6.45) is 0. The number of nitrogens with one attached hydrogen (secondary N) is 1. The highest BCUT2D eigenvalue weighted by Gasteiger charge is 2.20. The van der Waals surface area contributed by atoms with Crippen LogP contribution in [-0.2, 0) is 4.79 Å². The molecule has 0 aliphatic carbocycles. The lowest BCUT2D eigenvalue weighted by Crippen LogP contribution is -2.37. The Morgan fingerprint density at radius 2 is 1.80 bits per heavy atom. The van der Waals surface area contributed by atoms with Gasteiger partial charge in [-0.25, -0.2) is 0 Å². The van der Waals surface area contributed by atoms with Crippen LogP contribution in [0.4, 0.5) is 0 Å². The summed E-state index contributed by atoms with van der Waals surface area (Å²) in [5, 5.41) is 3.06. The van der Waals surface area contributed by atoms with Crippen molar-refractivity contribution in [3.8, 4) is 5.75 Å². The molecule has 0 saturated carbocycles. The molecule has 1 aromatic rings. The Morgan fingerprint density at radius 1 is 1.25 bits per heavy atom. The first kappa shape index (κ1) is 18.7. The number of methoxy groups -OCH3 is 1. The Kier molecular flexibility index (Phi) is 8.26. The molecule has 2 atom stereocenters. The predicted molar refractivity (Wildman–Crippen MR) is 84.2 cm³/mol. The van der Waals surface area contributed by atoms with Gasteiger partial charge in [-0.05, 0) is 23.6 Å². The molecule has 0 fully saturated rings. The monoisotopic (exact) mass is 300 g/mol. The maximum absolute atomic E-state index is 12.0. The third kappa shape index (κ3) is 5.02. The van der Waals surface area contributed by atoms with Crippen LogP contribution in [0.2, 0.25) is 0 Å². The van der Waals surface area contributed by atoms with Gasteiger partial charge in [-0.3, -0.25) is 4.79 Å². The second kappa shape index (κ2) is 8.82. The summed E-state index contributed by atoms with van der Waals surface area (Å²) in [4.78, 5) is 12.0. The van der Waals surface area contributed by atoms with Crippen molar-refractivity contribution >= 4 is 18.3 Å². The summed E-state index contributed by atoms with van der Waals surface area (Å²) in [6, 6.07) is 7.77. The number of amides is 1. The third-order valence-corrected chi connectivity index (χ3v) is 3.24. The number of carbonyl (C=O) groups excluding carboxylic acids is 1. The fourth-order valence-electron chi connectivity index (χ4n) is 1.85. The molecule has 0 aliphatic rings. The third-order valence-electron chi connectivity index (χ3n) is 3.24. The molecule has 0 spiro atoms. The first-order chi connectivity index (χ1) is 8.99.